The smallest absolute Gasteiger partial charge is 0.228 e. The number of aryl methyl sites for hydroxylation is 1. The number of hydrogen-bond acceptors (Lipinski definition) is 9. The molecule has 0 unspecified atom stereocenters. The first-order chi connectivity index (χ1) is 18.1. The minimum atomic E-state index is 0.189. The van der Waals surface area contributed by atoms with Crippen LogP contribution in [0.2, 0.25) is 0 Å². The van der Waals surface area contributed by atoms with Gasteiger partial charge in [0.15, 0.2) is 5.82 Å². The van der Waals surface area contributed by atoms with E-state index in [1.165, 1.54) is 5.56 Å². The van der Waals surface area contributed by atoms with Crippen LogP contribution in [-0.2, 0) is 0 Å². The third-order valence-corrected chi connectivity index (χ3v) is 6.95. The summed E-state index contributed by atoms with van der Waals surface area (Å²) in [5.74, 6) is 1.66. The van der Waals surface area contributed by atoms with E-state index in [-0.39, 0.29) is 5.95 Å². The molecule has 0 fully saturated rings. The molecule has 8 nitrogen and oxygen atoms in total. The molecule has 0 saturated heterocycles. The number of benzene rings is 2. The summed E-state index contributed by atoms with van der Waals surface area (Å²) >= 11 is 1.64. The zero-order chi connectivity index (χ0) is 25.4. The Bertz CT molecular complexity index is 1750. The summed E-state index contributed by atoms with van der Waals surface area (Å²) in [6.45, 7) is 2.07. The lowest BCUT2D eigenvalue weighted by Gasteiger charge is -2.13. The van der Waals surface area contributed by atoms with Crippen LogP contribution in [0.15, 0.2) is 84.5 Å². The first-order valence-corrected chi connectivity index (χ1v) is 12.4. The molecule has 0 atom stereocenters. The summed E-state index contributed by atoms with van der Waals surface area (Å²) in [7, 11) is 0. The number of hydrogen-bond donors (Lipinski definition) is 2. The highest BCUT2D eigenvalue weighted by Crippen LogP contribution is 2.39. The van der Waals surface area contributed by atoms with E-state index < -0.39 is 0 Å². The predicted octanol–water partition coefficient (Wildman–Crippen LogP) is 6.14. The van der Waals surface area contributed by atoms with Gasteiger partial charge in [0.05, 0.1) is 16.1 Å². The number of thiophene rings is 1. The van der Waals surface area contributed by atoms with Crippen LogP contribution >= 0.6 is 11.3 Å². The van der Waals surface area contributed by atoms with Gasteiger partial charge in [-0.3, -0.25) is 0 Å². The van der Waals surface area contributed by atoms with Crippen LogP contribution in [0.5, 0.6) is 11.6 Å². The van der Waals surface area contributed by atoms with Crippen LogP contribution < -0.4 is 16.2 Å². The van der Waals surface area contributed by atoms with Gasteiger partial charge in [-0.25, -0.2) is 15.0 Å². The minimum absolute atomic E-state index is 0.189. The van der Waals surface area contributed by atoms with Crippen LogP contribution in [0.25, 0.3) is 43.7 Å². The lowest BCUT2D eigenvalue weighted by atomic mass is 9.97. The number of nitrogens with two attached hydrogens (primary N) is 2. The van der Waals surface area contributed by atoms with E-state index in [1.807, 2.05) is 48.5 Å². The van der Waals surface area contributed by atoms with Crippen molar-refractivity contribution in [2.75, 3.05) is 11.5 Å². The molecule has 0 aliphatic heterocycles. The van der Waals surface area contributed by atoms with Gasteiger partial charge in [0, 0.05) is 23.2 Å². The van der Waals surface area contributed by atoms with Crippen LogP contribution in [0.3, 0.4) is 0 Å². The Kier molecular flexibility index (Phi) is 5.66. The molecule has 0 saturated carbocycles. The Morgan fingerprint density at radius 1 is 0.838 bits per heavy atom. The topological polar surface area (TPSA) is 126 Å². The second-order valence-electron chi connectivity index (χ2n) is 8.43. The second kappa shape index (κ2) is 9.29. The Balaban J connectivity index is 1.39. The predicted molar refractivity (Wildman–Crippen MR) is 147 cm³/mol. The molecule has 4 N–H and O–H groups in total. The van der Waals surface area contributed by atoms with Crippen LogP contribution in [0.4, 0.5) is 11.8 Å². The van der Waals surface area contributed by atoms with Gasteiger partial charge in [-0.05, 0) is 65.4 Å². The standard InChI is InChI=1S/C28H21N7OS/c1-16-14-23(37-15-16)25-24-19(4-2-5-21(24)26(29)35-34-25)17-7-9-18(10-8-17)36-27-20(6-3-12-31-27)22-11-13-32-28(30)33-22/h2-15H,1H3,(H2,29,35)(H2,30,32,33). The molecule has 180 valence electrons. The maximum Gasteiger partial charge on any atom is 0.228 e. The Hall–Kier alpha value is -4.89. The molecule has 0 amide bonds. The molecule has 9 heteroatoms. The first-order valence-electron chi connectivity index (χ1n) is 11.5. The Morgan fingerprint density at radius 3 is 2.46 bits per heavy atom. The van der Waals surface area contributed by atoms with E-state index in [1.54, 1.807) is 29.8 Å². The van der Waals surface area contributed by atoms with E-state index in [0.29, 0.717) is 23.1 Å². The van der Waals surface area contributed by atoms with Crippen molar-refractivity contribution in [1.29, 1.82) is 0 Å². The highest BCUT2D eigenvalue weighted by Gasteiger charge is 2.16. The quantitative estimate of drug-likeness (QED) is 0.287. The van der Waals surface area contributed by atoms with Crippen molar-refractivity contribution in [3.05, 3.63) is 90.1 Å². The van der Waals surface area contributed by atoms with Crippen molar-refractivity contribution in [2.45, 2.75) is 6.92 Å². The lowest BCUT2D eigenvalue weighted by molar-refractivity contribution is 0.465. The van der Waals surface area contributed by atoms with Gasteiger partial charge < -0.3 is 16.2 Å². The number of pyridine rings is 1. The highest BCUT2D eigenvalue weighted by atomic mass is 32.1. The molecule has 0 bridgehead atoms. The van der Waals surface area contributed by atoms with E-state index in [2.05, 4.69) is 49.6 Å². The second-order valence-corrected chi connectivity index (χ2v) is 9.34. The zero-order valence-corrected chi connectivity index (χ0v) is 20.6. The molecule has 4 heterocycles. The summed E-state index contributed by atoms with van der Waals surface area (Å²) in [4.78, 5) is 13.7. The summed E-state index contributed by atoms with van der Waals surface area (Å²) in [6.07, 6.45) is 3.28. The fraction of sp³-hybridized carbons (Fsp3) is 0.0357. The van der Waals surface area contributed by atoms with Gasteiger partial charge in [-0.2, -0.15) is 0 Å². The fourth-order valence-electron chi connectivity index (χ4n) is 4.20. The SMILES string of the molecule is Cc1csc(-c2nnc(N)c3cccc(-c4ccc(Oc5ncccc5-c5ccnc(N)n5)cc4)c23)c1. The number of anilines is 2. The van der Waals surface area contributed by atoms with Crippen molar-refractivity contribution in [3.63, 3.8) is 0 Å². The van der Waals surface area contributed by atoms with Crippen molar-refractivity contribution in [2.24, 2.45) is 0 Å². The lowest BCUT2D eigenvalue weighted by Crippen LogP contribution is -1.98. The van der Waals surface area contributed by atoms with Gasteiger partial charge in [-0.1, -0.05) is 30.3 Å². The zero-order valence-electron chi connectivity index (χ0n) is 19.8. The summed E-state index contributed by atoms with van der Waals surface area (Å²) in [5, 5.41) is 12.6. The van der Waals surface area contributed by atoms with Crippen LogP contribution in [0.1, 0.15) is 5.56 Å². The molecule has 6 rings (SSSR count). The van der Waals surface area contributed by atoms with Gasteiger partial charge in [-0.15, -0.1) is 21.5 Å². The van der Waals surface area contributed by atoms with Gasteiger partial charge >= 0.3 is 0 Å². The largest absolute Gasteiger partial charge is 0.438 e. The van der Waals surface area contributed by atoms with E-state index in [4.69, 9.17) is 16.2 Å². The molecule has 0 spiro atoms. The number of fused-ring (bicyclic) bond motifs is 1. The molecule has 6 aromatic rings. The molecular formula is C28H21N7OS. The molecule has 0 radical (unpaired) electrons. The number of nitrogens with zero attached hydrogens (tertiary/aromatic N) is 5. The minimum Gasteiger partial charge on any atom is -0.438 e. The summed E-state index contributed by atoms with van der Waals surface area (Å²) in [5.41, 5.74) is 17.4. The third kappa shape index (κ3) is 4.32. The Morgan fingerprint density at radius 2 is 1.68 bits per heavy atom. The Labute approximate surface area is 216 Å². The molecular weight excluding hydrogens is 482 g/mol. The fourth-order valence-corrected chi connectivity index (χ4v) is 5.09. The van der Waals surface area contributed by atoms with Crippen LogP contribution in [-0.4, -0.2) is 25.1 Å². The number of ether oxygens (including phenoxy) is 1. The van der Waals surface area contributed by atoms with Gasteiger partial charge in [0.25, 0.3) is 0 Å². The van der Waals surface area contributed by atoms with E-state index in [0.717, 1.165) is 38.0 Å². The van der Waals surface area contributed by atoms with E-state index >= 15 is 0 Å². The summed E-state index contributed by atoms with van der Waals surface area (Å²) < 4.78 is 6.14. The molecule has 4 aromatic heterocycles. The maximum atomic E-state index is 6.22. The van der Waals surface area contributed by atoms with Crippen molar-refractivity contribution >= 4 is 33.9 Å². The molecule has 0 aliphatic rings. The summed E-state index contributed by atoms with van der Waals surface area (Å²) in [6, 6.07) is 21.5. The number of aromatic nitrogens is 5. The monoisotopic (exact) mass is 503 g/mol. The average Bonchev–Trinajstić information content (AvgIpc) is 3.35. The highest BCUT2D eigenvalue weighted by molar-refractivity contribution is 7.13. The average molecular weight is 504 g/mol. The first kappa shape index (κ1) is 22.6. The van der Waals surface area contributed by atoms with Crippen molar-refractivity contribution in [1.82, 2.24) is 25.1 Å². The molecule has 37 heavy (non-hydrogen) atoms. The van der Waals surface area contributed by atoms with Crippen molar-refractivity contribution in [3.8, 4) is 44.6 Å². The van der Waals surface area contributed by atoms with E-state index in [9.17, 15) is 0 Å². The molecule has 2 aromatic carbocycles. The van der Waals surface area contributed by atoms with Gasteiger partial charge in [0.2, 0.25) is 11.8 Å². The molecule has 0 aliphatic carbocycles. The van der Waals surface area contributed by atoms with Crippen molar-refractivity contribution < 1.29 is 4.74 Å². The van der Waals surface area contributed by atoms with Crippen LogP contribution in [0, 0.1) is 6.92 Å². The third-order valence-electron chi connectivity index (χ3n) is 5.90. The van der Waals surface area contributed by atoms with Gasteiger partial charge in [0.1, 0.15) is 11.4 Å². The maximum absolute atomic E-state index is 6.22. The normalized spacial score (nSPS) is 11.1. The number of rotatable bonds is 5. The number of nitrogen functional groups attached to an aromatic ring is 2.